The molecule has 0 spiro atoms. The highest BCUT2D eigenvalue weighted by Gasteiger charge is 2.12. The van der Waals surface area contributed by atoms with E-state index in [0.29, 0.717) is 11.7 Å². The zero-order valence-electron chi connectivity index (χ0n) is 8.74. The minimum atomic E-state index is -0.195. The lowest BCUT2D eigenvalue weighted by molar-refractivity contribution is 0.350. The molecule has 0 fully saturated rings. The molecule has 1 rings (SSSR count). The maximum absolute atomic E-state index is 9.43. The predicted molar refractivity (Wildman–Crippen MR) is 55.0 cm³/mol. The highest BCUT2D eigenvalue weighted by molar-refractivity contribution is 5.52. The van der Waals surface area contributed by atoms with Gasteiger partial charge in [0.25, 0.3) is 0 Å². The van der Waals surface area contributed by atoms with Gasteiger partial charge in [-0.15, -0.1) is 0 Å². The fourth-order valence-corrected chi connectivity index (χ4v) is 1.29. The van der Waals surface area contributed by atoms with Crippen molar-refractivity contribution in [1.82, 2.24) is 0 Å². The normalized spacial score (nSPS) is 12.5. The molecule has 0 bridgehead atoms. The Morgan fingerprint density at radius 1 is 1.36 bits per heavy atom. The van der Waals surface area contributed by atoms with E-state index in [-0.39, 0.29) is 11.5 Å². The summed E-state index contributed by atoms with van der Waals surface area (Å²) in [5.74, 6) is 0.343. The average Bonchev–Trinajstić information content (AvgIpc) is 2.20. The van der Waals surface area contributed by atoms with Crippen LogP contribution in [-0.4, -0.2) is 17.3 Å². The van der Waals surface area contributed by atoms with Crippen LogP contribution in [0.2, 0.25) is 0 Å². The van der Waals surface area contributed by atoms with E-state index in [4.69, 9.17) is 4.74 Å². The summed E-state index contributed by atoms with van der Waals surface area (Å²) in [5, 5.41) is 18.8. The quantitative estimate of drug-likeness (QED) is 0.730. The van der Waals surface area contributed by atoms with E-state index in [1.165, 1.54) is 7.11 Å². The number of ether oxygens (including phenoxy) is 1. The Kier molecular flexibility index (Phi) is 3.23. The lowest BCUT2D eigenvalue weighted by Gasteiger charge is -2.12. The molecular weight excluding hydrogens is 180 g/mol. The molecule has 0 aliphatic rings. The Labute approximate surface area is 84.0 Å². The fraction of sp³-hybridized carbons (Fsp3) is 0.455. The van der Waals surface area contributed by atoms with E-state index in [1.54, 1.807) is 12.1 Å². The van der Waals surface area contributed by atoms with Crippen molar-refractivity contribution in [3.63, 3.8) is 0 Å². The second kappa shape index (κ2) is 4.22. The zero-order chi connectivity index (χ0) is 10.7. The van der Waals surface area contributed by atoms with Crippen molar-refractivity contribution in [1.29, 1.82) is 0 Å². The summed E-state index contributed by atoms with van der Waals surface area (Å²) in [6.45, 7) is 4.13. The molecule has 1 aromatic carbocycles. The smallest absolute Gasteiger partial charge is 0.200 e. The molecule has 0 amide bonds. The van der Waals surface area contributed by atoms with Gasteiger partial charge in [0.2, 0.25) is 5.75 Å². The topological polar surface area (TPSA) is 49.7 Å². The number of methoxy groups -OCH3 is 1. The summed E-state index contributed by atoms with van der Waals surface area (Å²) in [4.78, 5) is 0. The second-order valence-corrected chi connectivity index (χ2v) is 3.40. The fourth-order valence-electron chi connectivity index (χ4n) is 1.29. The van der Waals surface area contributed by atoms with Crippen LogP contribution in [0.25, 0.3) is 0 Å². The van der Waals surface area contributed by atoms with E-state index < -0.39 is 0 Å². The van der Waals surface area contributed by atoms with Gasteiger partial charge in [-0.05, 0) is 30.0 Å². The van der Waals surface area contributed by atoms with Gasteiger partial charge in [-0.3, -0.25) is 0 Å². The van der Waals surface area contributed by atoms with E-state index in [0.717, 1.165) is 12.0 Å². The van der Waals surface area contributed by atoms with Crippen LogP contribution in [0.15, 0.2) is 12.1 Å². The van der Waals surface area contributed by atoms with Crippen molar-refractivity contribution >= 4 is 0 Å². The third kappa shape index (κ3) is 1.92. The molecule has 0 radical (unpaired) electrons. The molecule has 2 N–H and O–H groups in total. The standard InChI is InChI=1S/C11H16O3/c1-4-7(2)8-5-9(12)11(13)10(6-8)14-3/h5-7,12-13H,4H2,1-3H3. The lowest BCUT2D eigenvalue weighted by atomic mass is 9.98. The first-order chi connectivity index (χ1) is 6.60. The largest absolute Gasteiger partial charge is 0.504 e. The van der Waals surface area contributed by atoms with Crippen LogP contribution < -0.4 is 4.74 Å². The van der Waals surface area contributed by atoms with Gasteiger partial charge in [0, 0.05) is 0 Å². The Morgan fingerprint density at radius 3 is 2.50 bits per heavy atom. The number of hydrogen-bond acceptors (Lipinski definition) is 3. The van der Waals surface area contributed by atoms with Gasteiger partial charge in [-0.2, -0.15) is 0 Å². The minimum absolute atomic E-state index is 0.125. The average molecular weight is 196 g/mol. The van der Waals surface area contributed by atoms with Crippen molar-refractivity contribution < 1.29 is 14.9 Å². The number of rotatable bonds is 3. The third-order valence-electron chi connectivity index (χ3n) is 2.48. The number of hydrogen-bond donors (Lipinski definition) is 2. The molecule has 0 aliphatic heterocycles. The van der Waals surface area contributed by atoms with Gasteiger partial charge in [-0.25, -0.2) is 0 Å². The van der Waals surface area contributed by atoms with Gasteiger partial charge < -0.3 is 14.9 Å². The van der Waals surface area contributed by atoms with Gasteiger partial charge in [0.05, 0.1) is 7.11 Å². The molecule has 1 aromatic rings. The molecule has 1 unspecified atom stereocenters. The molecule has 1 atom stereocenters. The third-order valence-corrected chi connectivity index (χ3v) is 2.48. The highest BCUT2D eigenvalue weighted by atomic mass is 16.5. The molecule has 0 saturated heterocycles. The number of phenols is 2. The van der Waals surface area contributed by atoms with Gasteiger partial charge in [0.15, 0.2) is 11.5 Å². The summed E-state index contributed by atoms with van der Waals surface area (Å²) in [6.07, 6.45) is 0.980. The maximum Gasteiger partial charge on any atom is 0.200 e. The van der Waals surface area contributed by atoms with Crippen LogP contribution >= 0.6 is 0 Å². The summed E-state index contributed by atoms with van der Waals surface area (Å²) >= 11 is 0. The van der Waals surface area contributed by atoms with E-state index in [9.17, 15) is 10.2 Å². The summed E-state index contributed by atoms with van der Waals surface area (Å²) < 4.78 is 4.95. The molecule has 14 heavy (non-hydrogen) atoms. The van der Waals surface area contributed by atoms with Crippen LogP contribution in [0.5, 0.6) is 17.2 Å². The maximum atomic E-state index is 9.43. The molecule has 3 heteroatoms. The van der Waals surface area contributed by atoms with Crippen LogP contribution in [0, 0.1) is 0 Å². The molecule has 3 nitrogen and oxygen atoms in total. The molecule has 78 valence electrons. The van der Waals surface area contributed by atoms with E-state index >= 15 is 0 Å². The summed E-state index contributed by atoms with van der Waals surface area (Å²) in [6, 6.07) is 3.33. The van der Waals surface area contributed by atoms with Crippen LogP contribution in [0.1, 0.15) is 31.7 Å². The van der Waals surface area contributed by atoms with E-state index in [1.807, 2.05) is 0 Å². The summed E-state index contributed by atoms with van der Waals surface area (Å²) in [7, 11) is 1.47. The monoisotopic (exact) mass is 196 g/mol. The number of phenolic OH excluding ortho intramolecular Hbond substituents is 2. The number of aromatic hydroxyl groups is 2. The second-order valence-electron chi connectivity index (χ2n) is 3.40. The Morgan fingerprint density at radius 2 is 2.00 bits per heavy atom. The van der Waals surface area contributed by atoms with Crippen molar-refractivity contribution in [2.24, 2.45) is 0 Å². The van der Waals surface area contributed by atoms with Crippen LogP contribution in [0.4, 0.5) is 0 Å². The van der Waals surface area contributed by atoms with Crippen molar-refractivity contribution in [3.8, 4) is 17.2 Å². The zero-order valence-corrected chi connectivity index (χ0v) is 8.74. The van der Waals surface area contributed by atoms with Crippen molar-refractivity contribution in [2.75, 3.05) is 7.11 Å². The minimum Gasteiger partial charge on any atom is -0.504 e. The Balaban J connectivity index is 3.16. The molecule has 0 aromatic heterocycles. The molecular formula is C11H16O3. The van der Waals surface area contributed by atoms with Gasteiger partial charge in [0.1, 0.15) is 0 Å². The first-order valence-corrected chi connectivity index (χ1v) is 4.70. The predicted octanol–water partition coefficient (Wildman–Crippen LogP) is 2.62. The van der Waals surface area contributed by atoms with Crippen molar-refractivity contribution in [2.45, 2.75) is 26.2 Å². The number of benzene rings is 1. The van der Waals surface area contributed by atoms with Crippen LogP contribution in [-0.2, 0) is 0 Å². The molecule has 0 aliphatic carbocycles. The Hall–Kier alpha value is -1.38. The van der Waals surface area contributed by atoms with Gasteiger partial charge in [-0.1, -0.05) is 13.8 Å². The first-order valence-electron chi connectivity index (χ1n) is 4.70. The SMILES string of the molecule is CCC(C)c1cc(O)c(O)c(OC)c1. The van der Waals surface area contributed by atoms with Gasteiger partial charge >= 0.3 is 0 Å². The van der Waals surface area contributed by atoms with Crippen molar-refractivity contribution in [3.05, 3.63) is 17.7 Å². The Bertz CT molecular complexity index is 321. The molecule has 0 heterocycles. The molecule has 0 saturated carbocycles. The highest BCUT2D eigenvalue weighted by Crippen LogP contribution is 2.38. The first kappa shape index (κ1) is 10.7. The van der Waals surface area contributed by atoms with Crippen LogP contribution in [0.3, 0.4) is 0 Å². The lowest BCUT2D eigenvalue weighted by Crippen LogP contribution is -1.93. The van der Waals surface area contributed by atoms with E-state index in [2.05, 4.69) is 13.8 Å². The summed E-state index contributed by atoms with van der Waals surface area (Å²) in [5.41, 5.74) is 0.972.